The number of nitrogens with two attached hydrogens (primary N) is 1. The first-order valence-electron chi connectivity index (χ1n) is 10.6. The van der Waals surface area contributed by atoms with E-state index in [9.17, 15) is 0 Å². The molecule has 0 unspecified atom stereocenters. The quantitative estimate of drug-likeness (QED) is 0.579. The average molecular weight is 330 g/mol. The number of benzene rings is 1. The molecule has 0 radical (unpaired) electrons. The molecule has 0 spiro atoms. The van der Waals surface area contributed by atoms with E-state index in [4.69, 9.17) is 5.73 Å². The van der Waals surface area contributed by atoms with Crippen molar-refractivity contribution in [3.8, 4) is 0 Å². The van der Waals surface area contributed by atoms with Gasteiger partial charge in [0.15, 0.2) is 0 Å². The van der Waals surface area contributed by atoms with E-state index in [0.29, 0.717) is 0 Å². The molecular weight excluding hydrogens is 290 g/mol. The molecule has 2 saturated carbocycles. The summed E-state index contributed by atoms with van der Waals surface area (Å²) in [6.45, 7) is 6.13. The Morgan fingerprint density at radius 3 is 2.00 bits per heavy atom. The highest BCUT2D eigenvalue weighted by molar-refractivity contribution is 5.48. The minimum Gasteiger partial charge on any atom is -0.399 e. The molecule has 0 aromatic heterocycles. The average Bonchev–Trinajstić information content (AvgIpc) is 2.65. The van der Waals surface area contributed by atoms with Gasteiger partial charge in [0.05, 0.1) is 0 Å². The van der Waals surface area contributed by atoms with E-state index in [1.807, 2.05) is 13.8 Å². The van der Waals surface area contributed by atoms with Crippen LogP contribution in [-0.4, -0.2) is 0 Å². The summed E-state index contributed by atoms with van der Waals surface area (Å²) >= 11 is 0. The Balaban J connectivity index is 0.00000100. The van der Waals surface area contributed by atoms with Crippen LogP contribution in [0.3, 0.4) is 0 Å². The lowest BCUT2D eigenvalue weighted by Gasteiger charge is -2.30. The van der Waals surface area contributed by atoms with Crippen LogP contribution in [0, 0.1) is 18.8 Å². The summed E-state index contributed by atoms with van der Waals surface area (Å²) in [6.07, 6.45) is 16.2. The second kappa shape index (κ2) is 10.1. The summed E-state index contributed by atoms with van der Waals surface area (Å²) in [7, 11) is 0. The number of hydrogen-bond donors (Lipinski definition) is 1. The summed E-state index contributed by atoms with van der Waals surface area (Å²) in [5, 5.41) is 0. The van der Waals surface area contributed by atoms with Gasteiger partial charge >= 0.3 is 0 Å². The smallest absolute Gasteiger partial charge is 0.0343 e. The monoisotopic (exact) mass is 329 g/mol. The van der Waals surface area contributed by atoms with Crippen molar-refractivity contribution in [3.63, 3.8) is 0 Å². The topological polar surface area (TPSA) is 26.0 Å². The maximum Gasteiger partial charge on any atom is 0.0343 e. The van der Waals surface area contributed by atoms with Gasteiger partial charge in [0.25, 0.3) is 0 Å². The molecule has 2 aliphatic carbocycles. The molecule has 0 atom stereocenters. The molecule has 2 fully saturated rings. The van der Waals surface area contributed by atoms with Gasteiger partial charge in [0.2, 0.25) is 0 Å². The van der Waals surface area contributed by atoms with Gasteiger partial charge in [-0.15, -0.1) is 0 Å². The summed E-state index contributed by atoms with van der Waals surface area (Å²) < 4.78 is 0. The molecule has 1 aromatic rings. The predicted molar refractivity (Wildman–Crippen MR) is 107 cm³/mol. The summed E-state index contributed by atoms with van der Waals surface area (Å²) in [4.78, 5) is 0. The van der Waals surface area contributed by atoms with Gasteiger partial charge in [-0.2, -0.15) is 0 Å². The minimum atomic E-state index is 0.783. The molecule has 0 aliphatic heterocycles. The van der Waals surface area contributed by atoms with Crippen LogP contribution in [0.15, 0.2) is 18.2 Å². The van der Waals surface area contributed by atoms with Gasteiger partial charge in [-0.25, -0.2) is 0 Å². The van der Waals surface area contributed by atoms with E-state index in [1.165, 1.54) is 81.8 Å². The zero-order valence-corrected chi connectivity index (χ0v) is 16.3. The lowest BCUT2D eigenvalue weighted by molar-refractivity contribution is 0.261. The van der Waals surface area contributed by atoms with Crippen LogP contribution >= 0.6 is 0 Å². The minimum absolute atomic E-state index is 0.783. The van der Waals surface area contributed by atoms with Crippen LogP contribution in [0.1, 0.15) is 102 Å². The Kier molecular flexibility index (Phi) is 8.15. The molecule has 0 bridgehead atoms. The zero-order valence-electron chi connectivity index (χ0n) is 16.3. The van der Waals surface area contributed by atoms with Gasteiger partial charge in [-0.05, 0) is 67.6 Å². The van der Waals surface area contributed by atoms with Crippen LogP contribution in [0.25, 0.3) is 0 Å². The molecule has 136 valence electrons. The third-order valence-corrected chi connectivity index (χ3v) is 6.32. The van der Waals surface area contributed by atoms with Crippen molar-refractivity contribution in [3.05, 3.63) is 29.3 Å². The molecule has 0 heterocycles. The van der Waals surface area contributed by atoms with E-state index in [2.05, 4.69) is 25.1 Å². The highest BCUT2D eigenvalue weighted by Crippen LogP contribution is 2.39. The fourth-order valence-corrected chi connectivity index (χ4v) is 4.68. The molecule has 0 amide bonds. The molecule has 2 aliphatic rings. The lowest BCUT2D eigenvalue weighted by atomic mass is 9.75. The standard InChI is InChI=1S/C21H33N.C2H6/c1-16-15-20(13-14-21(16)22)19-11-9-18(10-12-19)8-7-17-5-3-2-4-6-17;1-2/h13-15,17-19H,2-12,22H2,1H3;1-2H3. The molecule has 1 heteroatoms. The largest absolute Gasteiger partial charge is 0.399 e. The van der Waals surface area contributed by atoms with Crippen molar-refractivity contribution in [1.29, 1.82) is 0 Å². The van der Waals surface area contributed by atoms with Gasteiger partial charge in [0.1, 0.15) is 0 Å². The Morgan fingerprint density at radius 2 is 1.42 bits per heavy atom. The predicted octanol–water partition coefficient (Wildman–Crippen LogP) is 7.24. The molecule has 1 nitrogen and oxygen atoms in total. The fraction of sp³-hybridized carbons (Fsp3) is 0.739. The number of rotatable bonds is 4. The maximum absolute atomic E-state index is 5.95. The third kappa shape index (κ3) is 5.53. The first-order valence-corrected chi connectivity index (χ1v) is 10.6. The summed E-state index contributed by atoms with van der Waals surface area (Å²) in [6, 6.07) is 6.68. The van der Waals surface area contributed by atoms with E-state index < -0.39 is 0 Å². The van der Waals surface area contributed by atoms with Crippen LogP contribution in [0.2, 0.25) is 0 Å². The number of anilines is 1. The van der Waals surface area contributed by atoms with Gasteiger partial charge in [-0.3, -0.25) is 0 Å². The molecule has 0 saturated heterocycles. The summed E-state index contributed by atoms with van der Waals surface area (Å²) in [5.74, 6) is 2.85. The first-order chi connectivity index (χ1) is 11.7. The van der Waals surface area contributed by atoms with E-state index in [0.717, 1.165) is 23.4 Å². The Morgan fingerprint density at radius 1 is 0.833 bits per heavy atom. The molecule has 1 aromatic carbocycles. The number of aryl methyl sites for hydroxylation is 1. The molecular formula is C23H39N. The van der Waals surface area contributed by atoms with Crippen molar-refractivity contribution in [2.24, 2.45) is 11.8 Å². The highest BCUT2D eigenvalue weighted by Gasteiger charge is 2.23. The lowest BCUT2D eigenvalue weighted by Crippen LogP contribution is -2.15. The molecule has 2 N–H and O–H groups in total. The van der Waals surface area contributed by atoms with Crippen LogP contribution < -0.4 is 5.73 Å². The van der Waals surface area contributed by atoms with Crippen molar-refractivity contribution in [1.82, 2.24) is 0 Å². The SMILES string of the molecule is CC.Cc1cc(C2CCC(CCC3CCCCC3)CC2)ccc1N. The zero-order chi connectivity index (χ0) is 17.4. The van der Waals surface area contributed by atoms with Crippen molar-refractivity contribution in [2.45, 2.75) is 97.3 Å². The van der Waals surface area contributed by atoms with Crippen LogP contribution in [0.4, 0.5) is 5.69 Å². The second-order valence-corrected chi connectivity index (χ2v) is 7.92. The highest BCUT2D eigenvalue weighted by atomic mass is 14.5. The van der Waals surface area contributed by atoms with Crippen molar-refractivity contribution in [2.75, 3.05) is 5.73 Å². The second-order valence-electron chi connectivity index (χ2n) is 7.92. The molecule has 3 rings (SSSR count). The van der Waals surface area contributed by atoms with E-state index >= 15 is 0 Å². The fourth-order valence-electron chi connectivity index (χ4n) is 4.68. The third-order valence-electron chi connectivity index (χ3n) is 6.32. The van der Waals surface area contributed by atoms with Gasteiger partial charge in [0, 0.05) is 5.69 Å². The Hall–Kier alpha value is -0.980. The normalized spacial score (nSPS) is 25.0. The number of nitrogen functional groups attached to an aromatic ring is 1. The maximum atomic E-state index is 5.95. The van der Waals surface area contributed by atoms with E-state index in [-0.39, 0.29) is 0 Å². The van der Waals surface area contributed by atoms with Crippen LogP contribution in [-0.2, 0) is 0 Å². The van der Waals surface area contributed by atoms with Crippen molar-refractivity contribution < 1.29 is 0 Å². The van der Waals surface area contributed by atoms with Crippen LogP contribution in [0.5, 0.6) is 0 Å². The van der Waals surface area contributed by atoms with Gasteiger partial charge < -0.3 is 5.73 Å². The number of hydrogen-bond acceptors (Lipinski definition) is 1. The Bertz CT molecular complexity index is 465. The van der Waals surface area contributed by atoms with Gasteiger partial charge in [-0.1, -0.05) is 70.9 Å². The van der Waals surface area contributed by atoms with E-state index in [1.54, 1.807) is 0 Å². The van der Waals surface area contributed by atoms with Crippen molar-refractivity contribution >= 4 is 5.69 Å². The Labute approximate surface area is 150 Å². The molecule has 24 heavy (non-hydrogen) atoms. The summed E-state index contributed by atoms with van der Waals surface area (Å²) in [5.41, 5.74) is 9.66. The first kappa shape index (κ1) is 19.3.